The van der Waals surface area contributed by atoms with Gasteiger partial charge < -0.3 is 4.98 Å². The van der Waals surface area contributed by atoms with Crippen molar-refractivity contribution in [2.24, 2.45) is 0 Å². The van der Waals surface area contributed by atoms with Gasteiger partial charge in [0.2, 0.25) is 0 Å². The molecule has 0 atom stereocenters. The van der Waals surface area contributed by atoms with E-state index in [4.69, 9.17) is 0 Å². The summed E-state index contributed by atoms with van der Waals surface area (Å²) in [6, 6.07) is 7.48. The molecule has 3 aromatic rings. The Labute approximate surface area is 118 Å². The van der Waals surface area contributed by atoms with Crippen molar-refractivity contribution in [3.8, 4) is 0 Å². The van der Waals surface area contributed by atoms with E-state index in [1.54, 1.807) is 18.6 Å². The summed E-state index contributed by atoms with van der Waals surface area (Å²) in [7, 11) is 0. The first-order valence-electron chi connectivity index (χ1n) is 5.89. The predicted molar refractivity (Wildman–Crippen MR) is 78.4 cm³/mol. The fourth-order valence-corrected chi connectivity index (χ4v) is 2.34. The van der Waals surface area contributed by atoms with Crippen molar-refractivity contribution in [1.29, 1.82) is 0 Å². The van der Waals surface area contributed by atoms with Crippen molar-refractivity contribution in [3.05, 3.63) is 64.0 Å². The van der Waals surface area contributed by atoms with Gasteiger partial charge in [0.25, 0.3) is 0 Å². The van der Waals surface area contributed by atoms with E-state index in [0.717, 1.165) is 20.9 Å². The minimum atomic E-state index is 0.00912. The first-order chi connectivity index (χ1) is 9.16. The third-order valence-electron chi connectivity index (χ3n) is 3.15. The summed E-state index contributed by atoms with van der Waals surface area (Å²) in [6.07, 6.45) is 5.16. The number of rotatable bonds is 2. The second kappa shape index (κ2) is 4.63. The number of H-pyrrole nitrogens is 1. The van der Waals surface area contributed by atoms with Crippen LogP contribution in [0.4, 0.5) is 0 Å². The Bertz CT molecular complexity index is 777. The zero-order chi connectivity index (χ0) is 13.4. The molecule has 0 saturated carbocycles. The fourth-order valence-electron chi connectivity index (χ4n) is 2.09. The molecule has 94 valence electrons. The second-order valence-electron chi connectivity index (χ2n) is 4.42. The molecule has 0 aliphatic rings. The van der Waals surface area contributed by atoms with Crippen molar-refractivity contribution < 1.29 is 4.79 Å². The van der Waals surface area contributed by atoms with Gasteiger partial charge >= 0.3 is 0 Å². The van der Waals surface area contributed by atoms with Crippen LogP contribution in [0.2, 0.25) is 0 Å². The van der Waals surface area contributed by atoms with E-state index in [-0.39, 0.29) is 5.78 Å². The van der Waals surface area contributed by atoms with Crippen LogP contribution in [0.25, 0.3) is 10.9 Å². The van der Waals surface area contributed by atoms with Crippen LogP contribution < -0.4 is 0 Å². The molecule has 3 nitrogen and oxygen atoms in total. The maximum atomic E-state index is 12.5. The number of ketones is 1. The topological polar surface area (TPSA) is 45.8 Å². The number of halogens is 1. The normalized spacial score (nSPS) is 10.8. The Morgan fingerprint density at radius 1 is 1.32 bits per heavy atom. The second-order valence-corrected chi connectivity index (χ2v) is 5.27. The maximum absolute atomic E-state index is 12.5. The first kappa shape index (κ1) is 12.1. The van der Waals surface area contributed by atoms with E-state index in [1.165, 1.54) is 0 Å². The van der Waals surface area contributed by atoms with Gasteiger partial charge in [-0.1, -0.05) is 15.9 Å². The smallest absolute Gasteiger partial charge is 0.195 e. The molecule has 0 unspecified atom stereocenters. The summed E-state index contributed by atoms with van der Waals surface area (Å²) in [5, 5.41) is 0.855. The Kier molecular flexibility index (Phi) is 2.95. The summed E-state index contributed by atoms with van der Waals surface area (Å²) < 4.78 is 1.00. The van der Waals surface area contributed by atoms with E-state index < -0.39 is 0 Å². The molecule has 0 amide bonds. The highest BCUT2D eigenvalue weighted by Gasteiger charge is 2.14. The average molecular weight is 315 g/mol. The van der Waals surface area contributed by atoms with E-state index in [9.17, 15) is 4.79 Å². The molecule has 2 aromatic heterocycles. The maximum Gasteiger partial charge on any atom is 0.195 e. The number of aromatic nitrogens is 2. The number of hydrogen-bond donors (Lipinski definition) is 1. The van der Waals surface area contributed by atoms with Crippen molar-refractivity contribution in [1.82, 2.24) is 9.97 Å². The number of hydrogen-bond acceptors (Lipinski definition) is 2. The summed E-state index contributed by atoms with van der Waals surface area (Å²) in [5.74, 6) is 0.00912. The fraction of sp³-hybridized carbons (Fsp3) is 0.0667. The molecule has 3 rings (SSSR count). The number of aryl methyl sites for hydroxylation is 1. The number of benzene rings is 1. The molecule has 0 spiro atoms. The molecular formula is C15H11BrN2O. The van der Waals surface area contributed by atoms with Crippen LogP contribution in [0.3, 0.4) is 0 Å². The van der Waals surface area contributed by atoms with Crippen LogP contribution >= 0.6 is 15.9 Å². The van der Waals surface area contributed by atoms with E-state index in [0.29, 0.717) is 11.1 Å². The number of nitrogens with zero attached hydrogens (tertiary/aromatic N) is 1. The van der Waals surface area contributed by atoms with Crippen molar-refractivity contribution >= 4 is 32.6 Å². The number of pyridine rings is 1. The van der Waals surface area contributed by atoms with Crippen LogP contribution in [-0.2, 0) is 0 Å². The first-order valence-corrected chi connectivity index (χ1v) is 6.68. The number of carbonyl (C=O) groups is 1. The monoisotopic (exact) mass is 314 g/mol. The van der Waals surface area contributed by atoms with Crippen LogP contribution in [0.5, 0.6) is 0 Å². The molecule has 0 bridgehead atoms. The molecule has 1 aromatic carbocycles. The van der Waals surface area contributed by atoms with E-state index >= 15 is 0 Å². The Morgan fingerprint density at radius 2 is 2.16 bits per heavy atom. The molecule has 0 aliphatic heterocycles. The zero-order valence-corrected chi connectivity index (χ0v) is 11.9. The lowest BCUT2D eigenvalue weighted by Crippen LogP contribution is -2.00. The predicted octanol–water partition coefficient (Wildman–Crippen LogP) is 3.86. The molecule has 0 fully saturated rings. The van der Waals surface area contributed by atoms with Crippen LogP contribution in [-0.4, -0.2) is 15.8 Å². The van der Waals surface area contributed by atoms with Gasteiger partial charge in [-0.15, -0.1) is 0 Å². The van der Waals surface area contributed by atoms with Crippen LogP contribution in [0.15, 0.2) is 47.3 Å². The molecule has 19 heavy (non-hydrogen) atoms. The van der Waals surface area contributed by atoms with Crippen LogP contribution in [0, 0.1) is 6.92 Å². The molecule has 1 N–H and O–H groups in total. The number of aromatic amines is 1. The lowest BCUT2D eigenvalue weighted by Gasteiger charge is -2.03. The van der Waals surface area contributed by atoms with Gasteiger partial charge in [-0.25, -0.2) is 0 Å². The lowest BCUT2D eigenvalue weighted by atomic mass is 10.0. The Morgan fingerprint density at radius 3 is 2.95 bits per heavy atom. The number of carbonyl (C=O) groups excluding carboxylic acids is 1. The van der Waals surface area contributed by atoms with Gasteiger partial charge in [0.05, 0.1) is 0 Å². The highest BCUT2D eigenvalue weighted by atomic mass is 79.9. The number of fused-ring (bicyclic) bond motifs is 1. The summed E-state index contributed by atoms with van der Waals surface area (Å²) >= 11 is 3.44. The zero-order valence-electron chi connectivity index (χ0n) is 10.3. The van der Waals surface area contributed by atoms with Gasteiger partial charge in [0.1, 0.15) is 0 Å². The van der Waals surface area contributed by atoms with Gasteiger partial charge in [-0.3, -0.25) is 9.78 Å². The van der Waals surface area contributed by atoms with Gasteiger partial charge in [0, 0.05) is 45.1 Å². The van der Waals surface area contributed by atoms with Crippen molar-refractivity contribution in [2.75, 3.05) is 0 Å². The highest BCUT2D eigenvalue weighted by molar-refractivity contribution is 9.10. The third-order valence-corrected chi connectivity index (χ3v) is 4.04. The van der Waals surface area contributed by atoms with Gasteiger partial charge in [-0.05, 0) is 36.8 Å². The molecule has 4 heteroatoms. The quantitative estimate of drug-likeness (QED) is 0.730. The van der Waals surface area contributed by atoms with E-state index in [2.05, 4.69) is 25.9 Å². The van der Waals surface area contributed by atoms with E-state index in [1.807, 2.05) is 31.2 Å². The summed E-state index contributed by atoms with van der Waals surface area (Å²) in [5.41, 5.74) is 3.31. The minimum absolute atomic E-state index is 0.00912. The Balaban J connectivity index is 2.11. The molecule has 2 heterocycles. The molecular weight excluding hydrogens is 304 g/mol. The molecule has 0 aliphatic carbocycles. The standard InChI is InChI=1S/C15H11BrN2O/c1-9-6-10(2-3-13(9)16)15(19)12-8-18-14-4-5-17-7-11(12)14/h2-8,18H,1H3. The van der Waals surface area contributed by atoms with Crippen LogP contribution in [0.1, 0.15) is 21.5 Å². The molecule has 0 radical (unpaired) electrons. The molecule has 0 saturated heterocycles. The summed E-state index contributed by atoms with van der Waals surface area (Å²) in [4.78, 5) is 19.7. The van der Waals surface area contributed by atoms with Crippen molar-refractivity contribution in [2.45, 2.75) is 6.92 Å². The summed E-state index contributed by atoms with van der Waals surface area (Å²) in [6.45, 7) is 1.97. The minimum Gasteiger partial charge on any atom is -0.360 e. The Hall–Kier alpha value is -1.94. The average Bonchev–Trinajstić information content (AvgIpc) is 2.85. The third kappa shape index (κ3) is 2.08. The highest BCUT2D eigenvalue weighted by Crippen LogP contribution is 2.23. The SMILES string of the molecule is Cc1cc(C(=O)c2c[nH]c3ccncc23)ccc1Br. The lowest BCUT2D eigenvalue weighted by molar-refractivity contribution is 0.104. The largest absolute Gasteiger partial charge is 0.360 e. The van der Waals surface area contributed by atoms with Crippen molar-refractivity contribution in [3.63, 3.8) is 0 Å². The number of nitrogens with one attached hydrogen (secondary N) is 1. The van der Waals surface area contributed by atoms with Gasteiger partial charge in [-0.2, -0.15) is 0 Å². The van der Waals surface area contributed by atoms with Gasteiger partial charge in [0.15, 0.2) is 5.78 Å².